The normalized spacial score (nSPS) is 10.3. The number of carbonyl (C=O) groups is 1. The van der Waals surface area contributed by atoms with Gasteiger partial charge >= 0.3 is 0 Å². The SMILES string of the molecule is Cc1c(O)cccc1C(=O)Nc1ccc(Cl)c(F)c1. The highest BCUT2D eigenvalue weighted by atomic mass is 35.5. The molecule has 0 unspecified atom stereocenters. The van der Waals surface area contributed by atoms with Gasteiger partial charge in [0.25, 0.3) is 5.91 Å². The molecular formula is C14H11ClFNO2. The zero-order valence-electron chi connectivity index (χ0n) is 10.1. The zero-order chi connectivity index (χ0) is 14.0. The number of hydrogen-bond acceptors (Lipinski definition) is 2. The fourth-order valence-electron chi connectivity index (χ4n) is 1.64. The number of halogens is 2. The minimum absolute atomic E-state index is 0.00784. The fraction of sp³-hybridized carbons (Fsp3) is 0.0714. The topological polar surface area (TPSA) is 49.3 Å². The lowest BCUT2D eigenvalue weighted by molar-refractivity contribution is 0.102. The number of carbonyl (C=O) groups excluding carboxylic acids is 1. The summed E-state index contributed by atoms with van der Waals surface area (Å²) in [4.78, 5) is 12.0. The predicted octanol–water partition coefficient (Wildman–Crippen LogP) is 3.75. The van der Waals surface area contributed by atoms with Crippen molar-refractivity contribution in [3.05, 3.63) is 58.4 Å². The standard InChI is InChI=1S/C14H11ClFNO2/c1-8-10(3-2-4-13(8)18)14(19)17-9-5-6-11(15)12(16)7-9/h2-7,18H,1H3,(H,17,19). The second kappa shape index (κ2) is 5.28. The fourth-order valence-corrected chi connectivity index (χ4v) is 1.76. The molecule has 0 saturated heterocycles. The number of hydrogen-bond donors (Lipinski definition) is 2. The molecule has 0 bridgehead atoms. The summed E-state index contributed by atoms with van der Waals surface area (Å²) in [6.07, 6.45) is 0. The average molecular weight is 280 g/mol. The van der Waals surface area contributed by atoms with Crippen LogP contribution in [0.5, 0.6) is 5.75 Å². The Labute approximate surface area is 114 Å². The highest BCUT2D eigenvalue weighted by molar-refractivity contribution is 6.30. The number of aromatic hydroxyl groups is 1. The van der Waals surface area contributed by atoms with E-state index >= 15 is 0 Å². The van der Waals surface area contributed by atoms with Crippen molar-refractivity contribution < 1.29 is 14.3 Å². The summed E-state index contributed by atoms with van der Waals surface area (Å²) in [5.74, 6) is -0.989. The van der Waals surface area contributed by atoms with Crippen molar-refractivity contribution in [1.29, 1.82) is 0 Å². The van der Waals surface area contributed by atoms with E-state index in [4.69, 9.17) is 11.6 Å². The first-order valence-corrected chi connectivity index (χ1v) is 5.92. The van der Waals surface area contributed by atoms with E-state index in [0.29, 0.717) is 16.8 Å². The molecule has 2 aromatic rings. The Kier molecular flexibility index (Phi) is 3.71. The molecule has 0 aromatic heterocycles. The van der Waals surface area contributed by atoms with Crippen molar-refractivity contribution >= 4 is 23.2 Å². The quantitative estimate of drug-likeness (QED) is 0.880. The minimum Gasteiger partial charge on any atom is -0.508 e. The number of amides is 1. The number of phenols is 1. The van der Waals surface area contributed by atoms with Crippen LogP contribution in [0.4, 0.5) is 10.1 Å². The van der Waals surface area contributed by atoms with Gasteiger partial charge in [0.15, 0.2) is 0 Å². The van der Waals surface area contributed by atoms with Crippen LogP contribution in [-0.4, -0.2) is 11.0 Å². The van der Waals surface area contributed by atoms with Gasteiger partial charge in [0.05, 0.1) is 5.02 Å². The van der Waals surface area contributed by atoms with Crippen LogP contribution in [0.3, 0.4) is 0 Å². The van der Waals surface area contributed by atoms with Crippen LogP contribution in [0.2, 0.25) is 5.02 Å². The molecule has 0 heterocycles. The number of nitrogens with one attached hydrogen (secondary N) is 1. The number of rotatable bonds is 2. The van der Waals surface area contributed by atoms with E-state index < -0.39 is 11.7 Å². The first kappa shape index (κ1) is 13.4. The molecular weight excluding hydrogens is 269 g/mol. The Bertz CT molecular complexity index is 643. The second-order valence-corrected chi connectivity index (χ2v) is 4.44. The molecule has 0 aliphatic rings. The van der Waals surface area contributed by atoms with Crippen molar-refractivity contribution in [3.8, 4) is 5.75 Å². The third-order valence-corrected chi connectivity index (χ3v) is 3.03. The van der Waals surface area contributed by atoms with Crippen molar-refractivity contribution in [3.63, 3.8) is 0 Å². The number of anilines is 1. The Morgan fingerprint density at radius 1 is 1.32 bits per heavy atom. The molecule has 2 N–H and O–H groups in total. The van der Waals surface area contributed by atoms with Gasteiger partial charge in [-0.1, -0.05) is 17.7 Å². The van der Waals surface area contributed by atoms with Crippen LogP contribution in [0, 0.1) is 12.7 Å². The maximum Gasteiger partial charge on any atom is 0.256 e. The van der Waals surface area contributed by atoms with Crippen molar-refractivity contribution in [2.75, 3.05) is 5.32 Å². The summed E-state index contributed by atoms with van der Waals surface area (Å²) in [6, 6.07) is 8.64. The molecule has 0 atom stereocenters. The van der Waals surface area contributed by atoms with E-state index in [-0.39, 0.29) is 10.8 Å². The lowest BCUT2D eigenvalue weighted by Crippen LogP contribution is -2.13. The average Bonchev–Trinajstić information content (AvgIpc) is 2.37. The largest absolute Gasteiger partial charge is 0.508 e. The molecule has 0 aliphatic carbocycles. The van der Waals surface area contributed by atoms with Gasteiger partial charge < -0.3 is 10.4 Å². The smallest absolute Gasteiger partial charge is 0.256 e. The lowest BCUT2D eigenvalue weighted by Gasteiger charge is -2.09. The van der Waals surface area contributed by atoms with Crippen LogP contribution in [0.25, 0.3) is 0 Å². The first-order chi connectivity index (χ1) is 8.99. The number of phenolic OH excluding ortho intramolecular Hbond substituents is 1. The van der Waals surface area contributed by atoms with Gasteiger partial charge in [-0.3, -0.25) is 4.79 Å². The summed E-state index contributed by atoms with van der Waals surface area (Å²) in [6.45, 7) is 1.63. The van der Waals surface area contributed by atoms with Gasteiger partial charge in [-0.25, -0.2) is 4.39 Å². The third-order valence-electron chi connectivity index (χ3n) is 2.73. The van der Waals surface area contributed by atoms with Gasteiger partial charge in [0, 0.05) is 16.8 Å². The molecule has 3 nitrogen and oxygen atoms in total. The van der Waals surface area contributed by atoms with Gasteiger partial charge in [-0.15, -0.1) is 0 Å². The molecule has 98 valence electrons. The monoisotopic (exact) mass is 279 g/mol. The highest BCUT2D eigenvalue weighted by Gasteiger charge is 2.12. The van der Waals surface area contributed by atoms with Crippen LogP contribution >= 0.6 is 11.6 Å². The van der Waals surface area contributed by atoms with E-state index in [1.807, 2.05) is 0 Å². The van der Waals surface area contributed by atoms with E-state index in [1.165, 1.54) is 18.2 Å². The highest BCUT2D eigenvalue weighted by Crippen LogP contribution is 2.22. The summed E-state index contributed by atoms with van der Waals surface area (Å²) < 4.78 is 13.3. The minimum atomic E-state index is -0.605. The summed E-state index contributed by atoms with van der Waals surface area (Å²) >= 11 is 5.56. The van der Waals surface area contributed by atoms with Crippen LogP contribution in [0.1, 0.15) is 15.9 Å². The van der Waals surface area contributed by atoms with Crippen LogP contribution in [0.15, 0.2) is 36.4 Å². The lowest BCUT2D eigenvalue weighted by atomic mass is 10.1. The molecule has 0 aliphatic heterocycles. The molecule has 5 heteroatoms. The molecule has 19 heavy (non-hydrogen) atoms. The summed E-state index contributed by atoms with van der Waals surface area (Å²) in [7, 11) is 0. The van der Waals surface area contributed by atoms with Gasteiger partial charge in [-0.2, -0.15) is 0 Å². The molecule has 0 saturated carbocycles. The van der Waals surface area contributed by atoms with Crippen LogP contribution < -0.4 is 5.32 Å². The Morgan fingerprint density at radius 2 is 2.05 bits per heavy atom. The van der Waals surface area contributed by atoms with E-state index in [0.717, 1.165) is 6.07 Å². The first-order valence-electron chi connectivity index (χ1n) is 5.54. The van der Waals surface area contributed by atoms with Gasteiger partial charge in [0.2, 0.25) is 0 Å². The van der Waals surface area contributed by atoms with E-state index in [9.17, 15) is 14.3 Å². The molecule has 0 spiro atoms. The van der Waals surface area contributed by atoms with Crippen molar-refractivity contribution in [1.82, 2.24) is 0 Å². The summed E-state index contributed by atoms with van der Waals surface area (Å²) in [5.41, 5.74) is 1.10. The molecule has 2 aromatic carbocycles. The predicted molar refractivity (Wildman–Crippen MR) is 72.2 cm³/mol. The Balaban J connectivity index is 2.26. The second-order valence-electron chi connectivity index (χ2n) is 4.03. The molecule has 0 fully saturated rings. The zero-order valence-corrected chi connectivity index (χ0v) is 10.8. The Morgan fingerprint density at radius 3 is 2.74 bits per heavy atom. The van der Waals surface area contributed by atoms with Crippen molar-refractivity contribution in [2.24, 2.45) is 0 Å². The van der Waals surface area contributed by atoms with Gasteiger partial charge in [0.1, 0.15) is 11.6 Å². The van der Waals surface area contributed by atoms with E-state index in [2.05, 4.69) is 5.32 Å². The maximum absolute atomic E-state index is 13.3. The number of benzene rings is 2. The molecule has 2 rings (SSSR count). The van der Waals surface area contributed by atoms with Crippen molar-refractivity contribution in [2.45, 2.75) is 6.92 Å². The maximum atomic E-state index is 13.3. The van der Waals surface area contributed by atoms with Gasteiger partial charge in [-0.05, 0) is 37.3 Å². The van der Waals surface area contributed by atoms with E-state index in [1.54, 1.807) is 19.1 Å². The molecule has 1 amide bonds. The Hall–Kier alpha value is -2.07. The van der Waals surface area contributed by atoms with Crippen LogP contribution in [-0.2, 0) is 0 Å². The third kappa shape index (κ3) is 2.85. The summed E-state index contributed by atoms with van der Waals surface area (Å²) in [5, 5.41) is 12.1. The molecule has 0 radical (unpaired) electrons.